The lowest BCUT2D eigenvalue weighted by atomic mass is 10.1. The van der Waals surface area contributed by atoms with Crippen LogP contribution in [0.4, 0.5) is 16.2 Å². The molecular formula is C15H21N3O4. The molecule has 0 aliphatic heterocycles. The Labute approximate surface area is 129 Å². The Morgan fingerprint density at radius 1 is 1.50 bits per heavy atom. The van der Waals surface area contributed by atoms with Gasteiger partial charge in [-0.25, -0.2) is 4.79 Å². The van der Waals surface area contributed by atoms with E-state index in [1.54, 1.807) is 26.1 Å². The Kier molecular flexibility index (Phi) is 4.97. The lowest BCUT2D eigenvalue weighted by Gasteiger charge is -2.23. The van der Waals surface area contributed by atoms with Crippen molar-refractivity contribution in [3.05, 3.63) is 33.9 Å². The van der Waals surface area contributed by atoms with E-state index in [0.29, 0.717) is 17.8 Å². The fraction of sp³-hybridized carbons (Fsp3) is 0.533. The van der Waals surface area contributed by atoms with Gasteiger partial charge in [0.2, 0.25) is 0 Å². The van der Waals surface area contributed by atoms with Gasteiger partial charge in [0.1, 0.15) is 0 Å². The molecule has 7 nitrogen and oxygen atoms in total. The predicted molar refractivity (Wildman–Crippen MR) is 82.8 cm³/mol. The standard InChI is InChI=1S/C15H21N3O4/c1-10-12(6-4-7-13(10)18(21)22)16-15(20)17(2)9-11-5-3-8-14(11)19/h4,6-7,11,14,19H,3,5,8-9H2,1-2H3,(H,16,20). The molecule has 120 valence electrons. The number of benzene rings is 1. The second kappa shape index (κ2) is 6.74. The molecule has 22 heavy (non-hydrogen) atoms. The number of urea groups is 1. The number of carbonyl (C=O) groups excluding carboxylic acids is 1. The zero-order valence-electron chi connectivity index (χ0n) is 12.8. The quantitative estimate of drug-likeness (QED) is 0.660. The molecule has 1 aliphatic rings. The number of aliphatic hydroxyl groups excluding tert-OH is 1. The Hall–Kier alpha value is -2.15. The first-order valence-corrected chi connectivity index (χ1v) is 7.34. The van der Waals surface area contributed by atoms with Crippen molar-refractivity contribution in [3.63, 3.8) is 0 Å². The van der Waals surface area contributed by atoms with Gasteiger partial charge in [-0.2, -0.15) is 0 Å². The molecule has 1 aromatic carbocycles. The van der Waals surface area contributed by atoms with Crippen molar-refractivity contribution in [2.75, 3.05) is 18.9 Å². The van der Waals surface area contributed by atoms with Gasteiger partial charge in [-0.1, -0.05) is 12.5 Å². The first-order valence-electron chi connectivity index (χ1n) is 7.34. The molecule has 0 heterocycles. The van der Waals surface area contributed by atoms with Gasteiger partial charge in [0.15, 0.2) is 0 Å². The van der Waals surface area contributed by atoms with Crippen LogP contribution in [0.5, 0.6) is 0 Å². The zero-order valence-corrected chi connectivity index (χ0v) is 12.8. The average Bonchev–Trinajstić information content (AvgIpc) is 2.86. The van der Waals surface area contributed by atoms with E-state index in [2.05, 4.69) is 5.32 Å². The third kappa shape index (κ3) is 3.54. The van der Waals surface area contributed by atoms with Crippen LogP contribution in [0.2, 0.25) is 0 Å². The Morgan fingerprint density at radius 2 is 2.23 bits per heavy atom. The third-order valence-electron chi connectivity index (χ3n) is 4.22. The van der Waals surface area contributed by atoms with Crippen molar-refractivity contribution in [1.29, 1.82) is 0 Å². The molecule has 1 saturated carbocycles. The van der Waals surface area contributed by atoms with Crippen molar-refractivity contribution in [2.45, 2.75) is 32.3 Å². The minimum absolute atomic E-state index is 0.0216. The summed E-state index contributed by atoms with van der Waals surface area (Å²) >= 11 is 0. The van der Waals surface area contributed by atoms with Gasteiger partial charge in [0, 0.05) is 25.6 Å². The highest BCUT2D eigenvalue weighted by Gasteiger charge is 2.27. The summed E-state index contributed by atoms with van der Waals surface area (Å²) < 4.78 is 0. The summed E-state index contributed by atoms with van der Waals surface area (Å²) in [5, 5.41) is 23.4. The van der Waals surface area contributed by atoms with Crippen LogP contribution in [0, 0.1) is 23.0 Å². The first kappa shape index (κ1) is 16.2. The second-order valence-electron chi connectivity index (χ2n) is 5.78. The summed E-state index contributed by atoms with van der Waals surface area (Å²) in [5.74, 6) is 0.0990. The summed E-state index contributed by atoms with van der Waals surface area (Å²) in [7, 11) is 1.66. The van der Waals surface area contributed by atoms with Gasteiger partial charge in [0.05, 0.1) is 22.3 Å². The summed E-state index contributed by atoms with van der Waals surface area (Å²) in [4.78, 5) is 24.2. The second-order valence-corrected chi connectivity index (χ2v) is 5.78. The maximum absolute atomic E-state index is 12.2. The monoisotopic (exact) mass is 307 g/mol. The van der Waals surface area contributed by atoms with Gasteiger partial charge in [-0.15, -0.1) is 0 Å². The summed E-state index contributed by atoms with van der Waals surface area (Å²) in [6.45, 7) is 2.08. The third-order valence-corrected chi connectivity index (χ3v) is 4.22. The van der Waals surface area contributed by atoms with Gasteiger partial charge < -0.3 is 15.3 Å². The predicted octanol–water partition coefficient (Wildman–Crippen LogP) is 2.53. The SMILES string of the molecule is Cc1c(NC(=O)N(C)CC2CCCC2O)cccc1[N+](=O)[O-]. The van der Waals surface area contributed by atoms with E-state index < -0.39 is 4.92 Å². The lowest BCUT2D eigenvalue weighted by molar-refractivity contribution is -0.385. The van der Waals surface area contributed by atoms with E-state index in [-0.39, 0.29) is 23.7 Å². The number of hydrogen-bond donors (Lipinski definition) is 2. The molecule has 7 heteroatoms. The molecular weight excluding hydrogens is 286 g/mol. The highest BCUT2D eigenvalue weighted by atomic mass is 16.6. The number of rotatable bonds is 4. The van der Waals surface area contributed by atoms with Crippen LogP contribution < -0.4 is 5.32 Å². The molecule has 0 saturated heterocycles. The highest BCUT2D eigenvalue weighted by Crippen LogP contribution is 2.27. The Morgan fingerprint density at radius 3 is 2.82 bits per heavy atom. The van der Waals surface area contributed by atoms with Crippen LogP contribution in [-0.4, -0.2) is 40.7 Å². The number of amides is 2. The number of anilines is 1. The molecule has 2 atom stereocenters. The minimum atomic E-state index is -0.469. The van der Waals surface area contributed by atoms with E-state index in [4.69, 9.17) is 0 Å². The molecule has 2 amide bonds. The molecule has 0 bridgehead atoms. The van der Waals surface area contributed by atoms with E-state index in [1.807, 2.05) is 0 Å². The molecule has 0 aromatic heterocycles. The molecule has 0 radical (unpaired) electrons. The van der Waals surface area contributed by atoms with E-state index >= 15 is 0 Å². The normalized spacial score (nSPS) is 20.7. The number of hydrogen-bond acceptors (Lipinski definition) is 4. The van der Waals surface area contributed by atoms with Gasteiger partial charge in [-0.05, 0) is 25.8 Å². The first-order chi connectivity index (χ1) is 10.4. The number of nitro groups is 1. The van der Waals surface area contributed by atoms with Crippen molar-refractivity contribution < 1.29 is 14.8 Å². The summed E-state index contributed by atoms with van der Waals surface area (Å²) in [6.07, 6.45) is 2.32. The Balaban J connectivity index is 2.02. The van der Waals surface area contributed by atoms with Gasteiger partial charge >= 0.3 is 6.03 Å². The van der Waals surface area contributed by atoms with Crippen molar-refractivity contribution in [2.24, 2.45) is 5.92 Å². The maximum Gasteiger partial charge on any atom is 0.321 e. The van der Waals surface area contributed by atoms with Gasteiger partial charge in [-0.3, -0.25) is 10.1 Å². The molecule has 1 aromatic rings. The van der Waals surface area contributed by atoms with Crippen LogP contribution in [-0.2, 0) is 0 Å². The molecule has 1 fully saturated rings. The van der Waals surface area contributed by atoms with Crippen LogP contribution in [0.15, 0.2) is 18.2 Å². The lowest BCUT2D eigenvalue weighted by Crippen LogP contribution is -2.37. The number of nitrogens with zero attached hydrogens (tertiary/aromatic N) is 2. The highest BCUT2D eigenvalue weighted by molar-refractivity contribution is 5.90. The maximum atomic E-state index is 12.2. The fourth-order valence-corrected chi connectivity index (χ4v) is 2.83. The van der Waals surface area contributed by atoms with Crippen molar-refractivity contribution in [3.8, 4) is 0 Å². The van der Waals surface area contributed by atoms with Crippen molar-refractivity contribution >= 4 is 17.4 Å². The molecule has 2 unspecified atom stereocenters. The fourth-order valence-electron chi connectivity index (χ4n) is 2.83. The van der Waals surface area contributed by atoms with E-state index in [9.17, 15) is 20.0 Å². The van der Waals surface area contributed by atoms with Crippen LogP contribution in [0.3, 0.4) is 0 Å². The van der Waals surface area contributed by atoms with Gasteiger partial charge in [0.25, 0.3) is 5.69 Å². The summed E-state index contributed by atoms with van der Waals surface area (Å²) in [5.41, 5.74) is 0.833. The number of carbonyl (C=O) groups is 1. The minimum Gasteiger partial charge on any atom is -0.393 e. The molecule has 2 N–H and O–H groups in total. The molecule has 2 rings (SSSR count). The van der Waals surface area contributed by atoms with E-state index in [1.165, 1.54) is 11.0 Å². The average molecular weight is 307 g/mol. The van der Waals surface area contributed by atoms with E-state index in [0.717, 1.165) is 19.3 Å². The van der Waals surface area contributed by atoms with Crippen LogP contribution in [0.25, 0.3) is 0 Å². The van der Waals surface area contributed by atoms with Crippen LogP contribution >= 0.6 is 0 Å². The Bertz CT molecular complexity index is 576. The topological polar surface area (TPSA) is 95.7 Å². The molecule has 0 spiro atoms. The number of nitro benzene ring substituents is 1. The van der Waals surface area contributed by atoms with Crippen LogP contribution in [0.1, 0.15) is 24.8 Å². The largest absolute Gasteiger partial charge is 0.393 e. The number of nitrogens with one attached hydrogen (secondary N) is 1. The molecule has 1 aliphatic carbocycles. The zero-order chi connectivity index (χ0) is 16.3. The number of aliphatic hydroxyl groups is 1. The van der Waals surface area contributed by atoms with Crippen molar-refractivity contribution in [1.82, 2.24) is 4.90 Å². The summed E-state index contributed by atoms with van der Waals surface area (Å²) in [6, 6.07) is 4.26. The smallest absolute Gasteiger partial charge is 0.321 e.